The summed E-state index contributed by atoms with van der Waals surface area (Å²) in [6.07, 6.45) is 5.60. The van der Waals surface area contributed by atoms with Crippen molar-refractivity contribution in [3.63, 3.8) is 0 Å². The van der Waals surface area contributed by atoms with Gasteiger partial charge in [-0.25, -0.2) is 9.78 Å². The number of anilines is 5. The molecular formula is C30H30N8O2. The number of likely N-dealkylation sites (tertiary alicyclic amines) is 1. The Bertz CT molecular complexity index is 1560. The Balaban J connectivity index is 1.18. The quantitative estimate of drug-likeness (QED) is 0.298. The number of nitrogens with one attached hydrogen (secondary N) is 4. The highest BCUT2D eigenvalue weighted by molar-refractivity contribution is 5.93. The van der Waals surface area contributed by atoms with Gasteiger partial charge in [0.25, 0.3) is 5.91 Å². The minimum absolute atomic E-state index is 0.120. The lowest BCUT2D eigenvalue weighted by Gasteiger charge is -2.18. The summed E-state index contributed by atoms with van der Waals surface area (Å²) < 4.78 is 0. The molecule has 0 spiro atoms. The predicted octanol–water partition coefficient (Wildman–Crippen LogP) is 4.80. The van der Waals surface area contributed by atoms with Gasteiger partial charge in [-0.3, -0.25) is 9.78 Å². The van der Waals surface area contributed by atoms with Crippen LogP contribution in [-0.2, 0) is 12.8 Å². The van der Waals surface area contributed by atoms with E-state index in [1.165, 1.54) is 0 Å². The molecule has 1 atom stereocenters. The van der Waals surface area contributed by atoms with Crippen LogP contribution in [0.5, 0.6) is 0 Å². The number of rotatable bonds is 3. The number of aromatic nitrogens is 3. The molecule has 3 amide bonds. The van der Waals surface area contributed by atoms with Gasteiger partial charge in [-0.1, -0.05) is 18.2 Å². The third-order valence-electron chi connectivity index (χ3n) is 7.15. The highest BCUT2D eigenvalue weighted by atomic mass is 16.2. The number of urea groups is 1. The first-order valence-electron chi connectivity index (χ1n) is 13.4. The molecule has 6 rings (SSSR count). The van der Waals surface area contributed by atoms with Crippen LogP contribution in [-0.4, -0.2) is 50.9 Å². The molecular weight excluding hydrogens is 504 g/mol. The highest BCUT2D eigenvalue weighted by Crippen LogP contribution is 2.28. The maximum atomic E-state index is 13.0. The minimum Gasteiger partial charge on any atom is -0.340 e. The Kier molecular flexibility index (Phi) is 6.96. The number of amides is 3. The van der Waals surface area contributed by atoms with E-state index in [1.807, 2.05) is 31.2 Å². The van der Waals surface area contributed by atoms with E-state index in [2.05, 4.69) is 54.4 Å². The van der Waals surface area contributed by atoms with Crippen molar-refractivity contribution in [3.8, 4) is 0 Å². The van der Waals surface area contributed by atoms with Crippen LogP contribution in [0.3, 0.4) is 0 Å². The topological polar surface area (TPSA) is 124 Å². The van der Waals surface area contributed by atoms with Gasteiger partial charge < -0.3 is 26.2 Å². The first-order valence-corrected chi connectivity index (χ1v) is 13.4. The fourth-order valence-electron chi connectivity index (χ4n) is 5.04. The molecule has 2 aromatic heterocycles. The second-order valence-electron chi connectivity index (χ2n) is 10.1. The fraction of sp³-hybridized carbons (Fsp3) is 0.233. The highest BCUT2D eigenvalue weighted by Gasteiger charge is 2.28. The first-order chi connectivity index (χ1) is 19.5. The lowest BCUT2D eigenvalue weighted by atomic mass is 10.0. The van der Waals surface area contributed by atoms with Crippen molar-refractivity contribution in [1.29, 1.82) is 0 Å². The van der Waals surface area contributed by atoms with Crippen LogP contribution in [0.15, 0.2) is 73.1 Å². The Hall–Kier alpha value is -4.99. The van der Waals surface area contributed by atoms with Crippen LogP contribution >= 0.6 is 0 Å². The largest absolute Gasteiger partial charge is 0.340 e. The zero-order valence-corrected chi connectivity index (χ0v) is 22.1. The van der Waals surface area contributed by atoms with Crippen molar-refractivity contribution >= 4 is 40.8 Å². The lowest BCUT2D eigenvalue weighted by Crippen LogP contribution is -2.40. The first kappa shape index (κ1) is 25.3. The Morgan fingerprint density at radius 3 is 2.75 bits per heavy atom. The third-order valence-corrected chi connectivity index (χ3v) is 7.15. The number of nitrogens with zero attached hydrogens (tertiary/aromatic N) is 4. The second kappa shape index (κ2) is 11.0. The molecule has 4 heterocycles. The van der Waals surface area contributed by atoms with Crippen LogP contribution in [0.25, 0.3) is 0 Å². The summed E-state index contributed by atoms with van der Waals surface area (Å²) in [4.78, 5) is 40.7. The summed E-state index contributed by atoms with van der Waals surface area (Å²) in [7, 11) is 0. The standard InChI is InChI=1S/C30H30N8O2/c1-19-17-32-29-34-22-6-4-5-20(15-22)8-9-21-16-23(33-27(19)37-29)10-11-25(21)36-30(40)35-24-12-14-38(18-24)28(39)26-7-2-3-13-31-26/h2-7,10-11,13,15-17,24H,8-9,12,14,18H2,1H3,(H2,35,36,40)(H2,32,33,34,37)/t24-/m0/s1. The van der Waals surface area contributed by atoms with E-state index in [9.17, 15) is 9.59 Å². The average molecular weight is 535 g/mol. The summed E-state index contributed by atoms with van der Waals surface area (Å²) in [5, 5.41) is 12.8. The van der Waals surface area contributed by atoms with E-state index < -0.39 is 0 Å². The number of carbonyl (C=O) groups is 2. The second-order valence-corrected chi connectivity index (χ2v) is 10.1. The van der Waals surface area contributed by atoms with Crippen LogP contribution < -0.4 is 21.3 Å². The van der Waals surface area contributed by atoms with Crippen LogP contribution in [0.2, 0.25) is 0 Å². The van der Waals surface area contributed by atoms with Gasteiger partial charge >= 0.3 is 6.03 Å². The zero-order chi connectivity index (χ0) is 27.5. The van der Waals surface area contributed by atoms with Gasteiger partial charge in [-0.2, -0.15) is 4.98 Å². The smallest absolute Gasteiger partial charge is 0.319 e. The van der Waals surface area contributed by atoms with Crippen molar-refractivity contribution < 1.29 is 9.59 Å². The summed E-state index contributed by atoms with van der Waals surface area (Å²) in [6.45, 7) is 2.98. The molecule has 0 unspecified atom stereocenters. The van der Waals surface area contributed by atoms with Gasteiger partial charge in [-0.05, 0) is 79.8 Å². The van der Waals surface area contributed by atoms with Crippen molar-refractivity contribution in [2.24, 2.45) is 0 Å². The molecule has 2 aliphatic heterocycles. The molecule has 4 aromatic rings. The minimum atomic E-state index is -0.292. The number of hydrogen-bond acceptors (Lipinski definition) is 7. The van der Waals surface area contributed by atoms with Crippen LogP contribution in [0, 0.1) is 6.92 Å². The van der Waals surface area contributed by atoms with E-state index in [1.54, 1.807) is 35.5 Å². The monoisotopic (exact) mass is 534 g/mol. The zero-order valence-electron chi connectivity index (χ0n) is 22.1. The van der Waals surface area contributed by atoms with Crippen LogP contribution in [0.4, 0.5) is 33.6 Å². The van der Waals surface area contributed by atoms with Crippen molar-refractivity contribution in [2.45, 2.75) is 32.2 Å². The summed E-state index contributed by atoms with van der Waals surface area (Å²) in [5.74, 6) is 1.11. The molecule has 40 heavy (non-hydrogen) atoms. The van der Waals surface area contributed by atoms with E-state index in [-0.39, 0.29) is 18.0 Å². The molecule has 0 saturated carbocycles. The number of benzene rings is 2. The molecule has 1 saturated heterocycles. The number of aryl methyl sites for hydroxylation is 3. The third kappa shape index (κ3) is 5.70. The summed E-state index contributed by atoms with van der Waals surface area (Å²) >= 11 is 0. The normalized spacial score (nSPS) is 15.9. The Morgan fingerprint density at radius 2 is 1.88 bits per heavy atom. The van der Waals surface area contributed by atoms with E-state index in [4.69, 9.17) is 0 Å². The predicted molar refractivity (Wildman–Crippen MR) is 154 cm³/mol. The van der Waals surface area contributed by atoms with Gasteiger partial charge in [-0.15, -0.1) is 0 Å². The molecule has 10 heteroatoms. The Labute approximate surface area is 232 Å². The van der Waals surface area contributed by atoms with Gasteiger partial charge in [0.1, 0.15) is 11.5 Å². The fourth-order valence-corrected chi connectivity index (χ4v) is 5.04. The molecule has 0 aliphatic carbocycles. The molecule has 10 nitrogen and oxygen atoms in total. The lowest BCUT2D eigenvalue weighted by molar-refractivity contribution is 0.0783. The van der Waals surface area contributed by atoms with Crippen LogP contribution in [0.1, 0.15) is 33.6 Å². The maximum Gasteiger partial charge on any atom is 0.319 e. The van der Waals surface area contributed by atoms with Gasteiger partial charge in [0.2, 0.25) is 5.95 Å². The molecule has 6 bridgehead atoms. The van der Waals surface area contributed by atoms with Gasteiger partial charge in [0.05, 0.1) is 0 Å². The number of hydrogen-bond donors (Lipinski definition) is 4. The molecule has 0 radical (unpaired) electrons. The molecule has 1 fully saturated rings. The Morgan fingerprint density at radius 1 is 0.975 bits per heavy atom. The molecule has 202 valence electrons. The molecule has 2 aliphatic rings. The number of fused-ring (bicyclic) bond motifs is 6. The molecule has 4 N–H and O–H groups in total. The van der Waals surface area contributed by atoms with Gasteiger partial charge in [0, 0.05) is 54.2 Å². The number of pyridine rings is 1. The van der Waals surface area contributed by atoms with E-state index in [0.29, 0.717) is 37.0 Å². The van der Waals surface area contributed by atoms with Crippen molar-refractivity contribution in [1.82, 2.24) is 25.2 Å². The summed E-state index contributed by atoms with van der Waals surface area (Å²) in [6, 6.07) is 18.9. The number of carbonyl (C=O) groups excluding carboxylic acids is 2. The maximum absolute atomic E-state index is 13.0. The van der Waals surface area contributed by atoms with Crippen molar-refractivity contribution in [3.05, 3.63) is 95.4 Å². The average Bonchev–Trinajstić information content (AvgIpc) is 3.43. The van der Waals surface area contributed by atoms with E-state index >= 15 is 0 Å². The SMILES string of the molecule is Cc1cnc2nc1Nc1ccc(NC(=O)N[C@H]3CCN(C(=O)c4ccccn4)C3)c(c1)CCc1cccc(c1)N2. The summed E-state index contributed by atoms with van der Waals surface area (Å²) in [5.41, 5.74) is 6.03. The van der Waals surface area contributed by atoms with Crippen molar-refractivity contribution in [2.75, 3.05) is 29.0 Å². The van der Waals surface area contributed by atoms with E-state index in [0.717, 1.165) is 46.6 Å². The van der Waals surface area contributed by atoms with Gasteiger partial charge in [0.15, 0.2) is 0 Å². The molecule has 2 aromatic carbocycles.